The fraction of sp³-hybridized carbons (Fsp3) is 0.143. The summed E-state index contributed by atoms with van der Waals surface area (Å²) in [6.07, 6.45) is 2.42. The molecule has 5 heteroatoms. The van der Waals surface area contributed by atoms with E-state index in [4.69, 9.17) is 5.73 Å². The molecule has 19 heavy (non-hydrogen) atoms. The van der Waals surface area contributed by atoms with Gasteiger partial charge in [-0.3, -0.25) is 0 Å². The number of nitrogens with zero attached hydrogens (tertiary/aromatic N) is 2. The van der Waals surface area contributed by atoms with Gasteiger partial charge in [0, 0.05) is 23.7 Å². The Morgan fingerprint density at radius 1 is 1.21 bits per heavy atom. The van der Waals surface area contributed by atoms with Gasteiger partial charge in [-0.25, -0.2) is 4.98 Å². The molecule has 0 radical (unpaired) electrons. The van der Waals surface area contributed by atoms with Gasteiger partial charge in [0.25, 0.3) is 0 Å². The van der Waals surface area contributed by atoms with Crippen molar-refractivity contribution in [3.8, 4) is 5.75 Å². The number of phenols is 1. The number of aromatic nitrogens is 1. The lowest BCUT2D eigenvalue weighted by Crippen LogP contribution is -2.10. The van der Waals surface area contributed by atoms with Crippen molar-refractivity contribution >= 4 is 11.5 Å². The summed E-state index contributed by atoms with van der Waals surface area (Å²) in [5, 5.41) is 14.2. The molecule has 5 nitrogen and oxygen atoms in total. The molecule has 2 heterocycles. The average molecular weight is 254 g/mol. The number of hydrogen-bond donors (Lipinski definition) is 3. The summed E-state index contributed by atoms with van der Waals surface area (Å²) in [5.41, 5.74) is 11.3. The van der Waals surface area contributed by atoms with Crippen LogP contribution in [0.15, 0.2) is 47.7 Å². The zero-order valence-corrected chi connectivity index (χ0v) is 10.2. The predicted molar refractivity (Wildman–Crippen MR) is 73.8 cm³/mol. The molecule has 96 valence electrons. The average Bonchev–Trinajstić information content (AvgIpc) is 2.89. The largest absolute Gasteiger partial charge is 0.508 e. The van der Waals surface area contributed by atoms with Crippen molar-refractivity contribution in [1.82, 2.24) is 10.4 Å². The lowest BCUT2D eigenvalue weighted by Gasteiger charge is -2.11. The molecule has 1 aromatic carbocycles. The number of pyridine rings is 1. The molecule has 2 aromatic rings. The smallest absolute Gasteiger partial charge is 0.123 e. The number of aromatic hydroxyl groups is 1. The minimum Gasteiger partial charge on any atom is -0.508 e. The Morgan fingerprint density at radius 2 is 2.05 bits per heavy atom. The van der Waals surface area contributed by atoms with Gasteiger partial charge in [-0.1, -0.05) is 18.2 Å². The first-order chi connectivity index (χ1) is 9.24. The number of anilines is 1. The van der Waals surface area contributed by atoms with E-state index in [1.165, 1.54) is 0 Å². The van der Waals surface area contributed by atoms with Crippen LogP contribution in [0.4, 0.5) is 5.82 Å². The molecule has 0 aliphatic carbocycles. The number of nitrogens with two attached hydrogens (primary N) is 1. The third-order valence-electron chi connectivity index (χ3n) is 3.18. The molecular formula is C14H14N4O. The number of para-hydroxylation sites is 1. The van der Waals surface area contributed by atoms with Crippen LogP contribution in [-0.4, -0.2) is 15.8 Å². The van der Waals surface area contributed by atoms with E-state index in [0.29, 0.717) is 12.2 Å². The number of benzene rings is 1. The Balaban J connectivity index is 1.80. The van der Waals surface area contributed by atoms with Crippen molar-refractivity contribution in [2.75, 3.05) is 5.73 Å². The highest BCUT2D eigenvalue weighted by atomic mass is 16.3. The molecule has 1 aliphatic rings. The van der Waals surface area contributed by atoms with Crippen molar-refractivity contribution in [1.29, 1.82) is 0 Å². The van der Waals surface area contributed by atoms with E-state index in [-0.39, 0.29) is 11.8 Å². The van der Waals surface area contributed by atoms with Crippen molar-refractivity contribution in [2.45, 2.75) is 12.5 Å². The molecule has 1 unspecified atom stereocenters. The second-order valence-corrected chi connectivity index (χ2v) is 4.47. The summed E-state index contributed by atoms with van der Waals surface area (Å²) in [4.78, 5) is 4.06. The zero-order valence-electron chi connectivity index (χ0n) is 10.2. The highest BCUT2D eigenvalue weighted by molar-refractivity contribution is 6.01. The van der Waals surface area contributed by atoms with E-state index in [1.54, 1.807) is 24.4 Å². The maximum Gasteiger partial charge on any atom is 0.123 e. The van der Waals surface area contributed by atoms with Crippen molar-refractivity contribution in [3.05, 3.63) is 53.7 Å². The second kappa shape index (κ2) is 4.61. The molecule has 1 aliphatic heterocycles. The Hall–Kier alpha value is -2.56. The van der Waals surface area contributed by atoms with Gasteiger partial charge in [-0.05, 0) is 18.2 Å². The Bertz CT molecular complexity index is 622. The van der Waals surface area contributed by atoms with Gasteiger partial charge in [0.15, 0.2) is 0 Å². The van der Waals surface area contributed by atoms with E-state index in [1.807, 2.05) is 18.2 Å². The minimum absolute atomic E-state index is 0.00578. The number of rotatable bonds is 2. The van der Waals surface area contributed by atoms with E-state index >= 15 is 0 Å². The van der Waals surface area contributed by atoms with Gasteiger partial charge in [0.05, 0.1) is 11.8 Å². The summed E-state index contributed by atoms with van der Waals surface area (Å²) in [7, 11) is 0. The molecular weight excluding hydrogens is 240 g/mol. The second-order valence-electron chi connectivity index (χ2n) is 4.47. The van der Waals surface area contributed by atoms with Crippen LogP contribution in [-0.2, 0) is 0 Å². The van der Waals surface area contributed by atoms with Crippen LogP contribution < -0.4 is 11.2 Å². The topological polar surface area (TPSA) is 83.5 Å². The summed E-state index contributed by atoms with van der Waals surface area (Å²) in [6.45, 7) is 0. The van der Waals surface area contributed by atoms with Gasteiger partial charge >= 0.3 is 0 Å². The van der Waals surface area contributed by atoms with Gasteiger partial charge in [-0.15, -0.1) is 0 Å². The summed E-state index contributed by atoms with van der Waals surface area (Å²) in [5.74, 6) is 0.777. The van der Waals surface area contributed by atoms with Crippen LogP contribution in [0.1, 0.15) is 23.6 Å². The molecule has 0 bridgehead atoms. The Labute approximate surface area is 110 Å². The van der Waals surface area contributed by atoms with Crippen LogP contribution in [0.5, 0.6) is 5.75 Å². The van der Waals surface area contributed by atoms with Crippen LogP contribution in [0, 0.1) is 0 Å². The summed E-state index contributed by atoms with van der Waals surface area (Å²) in [6, 6.07) is 10.9. The quantitative estimate of drug-likeness (QED) is 0.763. The molecule has 0 saturated heterocycles. The number of phenolic OH excluding ortho intramolecular Hbond substituents is 1. The van der Waals surface area contributed by atoms with Crippen LogP contribution in [0.3, 0.4) is 0 Å². The summed E-state index contributed by atoms with van der Waals surface area (Å²) >= 11 is 0. The number of hydrazone groups is 1. The molecule has 0 amide bonds. The highest BCUT2D eigenvalue weighted by Crippen LogP contribution is 2.30. The van der Waals surface area contributed by atoms with Gasteiger partial charge < -0.3 is 16.3 Å². The third-order valence-corrected chi connectivity index (χ3v) is 3.18. The molecule has 0 spiro atoms. The predicted octanol–water partition coefficient (Wildman–Crippen LogP) is 1.81. The molecule has 3 rings (SSSR count). The number of hydrogen-bond acceptors (Lipinski definition) is 5. The van der Waals surface area contributed by atoms with E-state index < -0.39 is 0 Å². The monoisotopic (exact) mass is 254 g/mol. The highest BCUT2D eigenvalue weighted by Gasteiger charge is 2.23. The van der Waals surface area contributed by atoms with E-state index in [0.717, 1.165) is 16.8 Å². The van der Waals surface area contributed by atoms with Crippen molar-refractivity contribution < 1.29 is 5.11 Å². The zero-order chi connectivity index (χ0) is 13.2. The van der Waals surface area contributed by atoms with Crippen LogP contribution in [0.2, 0.25) is 0 Å². The first kappa shape index (κ1) is 11.5. The van der Waals surface area contributed by atoms with Gasteiger partial charge in [-0.2, -0.15) is 5.10 Å². The van der Waals surface area contributed by atoms with E-state index in [9.17, 15) is 5.11 Å². The standard InChI is InChI=1S/C14H14N4O/c15-14-6-5-9(8-16-14)11-7-12(18-17-11)10-3-1-2-4-13(10)19/h1-6,8,12,18-19H,7H2,(H2,15,16). The maximum absolute atomic E-state index is 9.84. The maximum atomic E-state index is 9.84. The summed E-state index contributed by atoms with van der Waals surface area (Å²) < 4.78 is 0. The van der Waals surface area contributed by atoms with Crippen LogP contribution >= 0.6 is 0 Å². The third kappa shape index (κ3) is 2.22. The van der Waals surface area contributed by atoms with Gasteiger partial charge in [0.1, 0.15) is 11.6 Å². The molecule has 0 fully saturated rings. The minimum atomic E-state index is -0.00578. The first-order valence-corrected chi connectivity index (χ1v) is 6.06. The SMILES string of the molecule is Nc1ccc(C2=NNC(c3ccccc3O)C2)cn1. The van der Waals surface area contributed by atoms with Crippen LogP contribution in [0.25, 0.3) is 0 Å². The first-order valence-electron chi connectivity index (χ1n) is 6.06. The Kier molecular flexibility index (Phi) is 2.79. The fourth-order valence-corrected chi connectivity index (χ4v) is 2.16. The molecule has 4 N–H and O–H groups in total. The fourth-order valence-electron chi connectivity index (χ4n) is 2.16. The normalized spacial score (nSPS) is 17.9. The lowest BCUT2D eigenvalue weighted by molar-refractivity contribution is 0.455. The number of nitrogen functional groups attached to an aromatic ring is 1. The molecule has 1 aromatic heterocycles. The number of nitrogens with one attached hydrogen (secondary N) is 1. The molecule has 1 atom stereocenters. The van der Waals surface area contributed by atoms with Gasteiger partial charge in [0.2, 0.25) is 0 Å². The van der Waals surface area contributed by atoms with Crippen molar-refractivity contribution in [3.63, 3.8) is 0 Å². The van der Waals surface area contributed by atoms with E-state index in [2.05, 4.69) is 15.5 Å². The van der Waals surface area contributed by atoms with Crippen molar-refractivity contribution in [2.24, 2.45) is 5.10 Å². The lowest BCUT2D eigenvalue weighted by atomic mass is 9.99. The Morgan fingerprint density at radius 3 is 2.79 bits per heavy atom. The molecule has 0 saturated carbocycles.